The third kappa shape index (κ3) is 3.82. The van der Waals surface area contributed by atoms with Gasteiger partial charge < -0.3 is 10.2 Å². The van der Waals surface area contributed by atoms with E-state index in [0.717, 1.165) is 13.1 Å². The zero-order chi connectivity index (χ0) is 15.4. The largest absolute Gasteiger partial charge is 0.369 e. The van der Waals surface area contributed by atoms with Crippen molar-refractivity contribution in [2.75, 3.05) is 37.6 Å². The zero-order valence-corrected chi connectivity index (χ0v) is 14.2. The molecule has 1 unspecified atom stereocenters. The lowest BCUT2D eigenvalue weighted by Gasteiger charge is -2.39. The van der Waals surface area contributed by atoms with Crippen LogP contribution in [0, 0.1) is 0 Å². The minimum Gasteiger partial charge on any atom is -0.369 e. The second kappa shape index (κ2) is 7.47. The molecule has 0 saturated carbocycles. The van der Waals surface area contributed by atoms with Crippen molar-refractivity contribution in [2.24, 2.45) is 0 Å². The smallest absolute Gasteiger partial charge is 0.0400 e. The van der Waals surface area contributed by atoms with Crippen LogP contribution < -0.4 is 10.2 Å². The number of benzene rings is 1. The molecule has 3 heteroatoms. The van der Waals surface area contributed by atoms with Crippen LogP contribution in [-0.2, 0) is 6.42 Å². The average Bonchev–Trinajstić information content (AvgIpc) is 2.56. The van der Waals surface area contributed by atoms with Crippen LogP contribution in [0.5, 0.6) is 0 Å². The lowest BCUT2D eigenvalue weighted by Crippen LogP contribution is -2.49. The number of anilines is 1. The van der Waals surface area contributed by atoms with Gasteiger partial charge in [-0.1, -0.05) is 24.6 Å². The third-order valence-electron chi connectivity index (χ3n) is 5.26. The molecule has 3 nitrogen and oxygen atoms in total. The fourth-order valence-electron chi connectivity index (χ4n) is 3.83. The van der Waals surface area contributed by atoms with Crippen LogP contribution in [0.4, 0.5) is 5.69 Å². The summed E-state index contributed by atoms with van der Waals surface area (Å²) in [4.78, 5) is 5.18. The maximum absolute atomic E-state index is 3.69. The Hall–Kier alpha value is -1.06. The monoisotopic (exact) mass is 301 g/mol. The molecule has 122 valence electrons. The lowest BCUT2D eigenvalue weighted by molar-refractivity contribution is 0.209. The number of hydrogen-bond donors (Lipinski definition) is 1. The van der Waals surface area contributed by atoms with E-state index < -0.39 is 0 Å². The van der Waals surface area contributed by atoms with Gasteiger partial charge in [0.05, 0.1) is 0 Å². The van der Waals surface area contributed by atoms with Crippen LogP contribution in [0.25, 0.3) is 0 Å². The summed E-state index contributed by atoms with van der Waals surface area (Å²) >= 11 is 0. The van der Waals surface area contributed by atoms with E-state index in [1.54, 1.807) is 0 Å². The Labute approximate surface area is 135 Å². The molecule has 1 aromatic rings. The lowest BCUT2D eigenvalue weighted by atomic mass is 9.96. The molecule has 22 heavy (non-hydrogen) atoms. The summed E-state index contributed by atoms with van der Waals surface area (Å²) in [5, 5.41) is 3.69. The van der Waals surface area contributed by atoms with Crippen molar-refractivity contribution in [3.05, 3.63) is 29.8 Å². The molecule has 0 bridgehead atoms. The van der Waals surface area contributed by atoms with Crippen LogP contribution in [-0.4, -0.2) is 49.7 Å². The van der Waals surface area contributed by atoms with Gasteiger partial charge >= 0.3 is 0 Å². The molecule has 0 radical (unpaired) electrons. The van der Waals surface area contributed by atoms with Crippen molar-refractivity contribution >= 4 is 5.69 Å². The Morgan fingerprint density at radius 3 is 2.55 bits per heavy atom. The first-order valence-electron chi connectivity index (χ1n) is 9.04. The predicted molar refractivity (Wildman–Crippen MR) is 94.7 cm³/mol. The van der Waals surface area contributed by atoms with Crippen molar-refractivity contribution in [3.63, 3.8) is 0 Å². The van der Waals surface area contributed by atoms with Crippen molar-refractivity contribution in [2.45, 2.75) is 51.6 Å². The quantitative estimate of drug-likeness (QED) is 0.922. The van der Waals surface area contributed by atoms with Crippen LogP contribution in [0.2, 0.25) is 0 Å². The van der Waals surface area contributed by atoms with Crippen molar-refractivity contribution in [1.29, 1.82) is 0 Å². The Kier molecular flexibility index (Phi) is 5.37. The molecule has 2 saturated heterocycles. The minimum absolute atomic E-state index is 0.670. The Bertz CT molecular complexity index is 458. The molecule has 2 aliphatic rings. The standard InChI is InChI=1S/C19H31N3/c1-16(2)21-11-13-22(14-12-21)19-9-4-3-7-17(19)15-18-8-5-6-10-20-18/h3-4,7,9,16,18,20H,5-6,8,10-15H2,1-2H3. The molecular formula is C19H31N3. The second-order valence-corrected chi connectivity index (χ2v) is 7.10. The highest BCUT2D eigenvalue weighted by atomic mass is 15.3. The third-order valence-corrected chi connectivity index (χ3v) is 5.26. The number of para-hydroxylation sites is 1. The van der Waals surface area contributed by atoms with Crippen molar-refractivity contribution < 1.29 is 0 Å². The number of nitrogens with zero attached hydrogens (tertiary/aromatic N) is 2. The molecule has 1 N–H and O–H groups in total. The molecule has 3 rings (SSSR count). The van der Waals surface area contributed by atoms with Crippen LogP contribution in [0.3, 0.4) is 0 Å². The van der Waals surface area contributed by atoms with Gasteiger partial charge in [0, 0.05) is 44.0 Å². The van der Waals surface area contributed by atoms with Gasteiger partial charge in [-0.2, -0.15) is 0 Å². The maximum atomic E-state index is 3.69. The molecule has 2 heterocycles. The van der Waals surface area contributed by atoms with Crippen LogP contribution in [0.15, 0.2) is 24.3 Å². The summed E-state index contributed by atoms with van der Waals surface area (Å²) in [6, 6.07) is 10.4. The minimum atomic E-state index is 0.670. The van der Waals surface area contributed by atoms with Gasteiger partial charge in [-0.05, 0) is 51.3 Å². The van der Waals surface area contributed by atoms with E-state index in [2.05, 4.69) is 53.2 Å². The maximum Gasteiger partial charge on any atom is 0.0400 e. The van der Waals surface area contributed by atoms with E-state index in [4.69, 9.17) is 0 Å². The van der Waals surface area contributed by atoms with Crippen molar-refractivity contribution in [1.82, 2.24) is 10.2 Å². The van der Waals surface area contributed by atoms with E-state index >= 15 is 0 Å². The summed E-state index contributed by atoms with van der Waals surface area (Å²) in [5.41, 5.74) is 3.00. The Morgan fingerprint density at radius 2 is 1.86 bits per heavy atom. The summed E-state index contributed by atoms with van der Waals surface area (Å²) in [6.45, 7) is 10.5. The average molecular weight is 301 g/mol. The summed E-state index contributed by atoms with van der Waals surface area (Å²) in [7, 11) is 0. The second-order valence-electron chi connectivity index (χ2n) is 7.10. The molecule has 0 aromatic heterocycles. The molecule has 1 atom stereocenters. The number of piperidine rings is 1. The molecule has 2 fully saturated rings. The van der Waals surface area contributed by atoms with Crippen LogP contribution in [0.1, 0.15) is 38.7 Å². The first kappa shape index (κ1) is 15.8. The first-order valence-corrected chi connectivity index (χ1v) is 9.04. The fraction of sp³-hybridized carbons (Fsp3) is 0.684. The number of hydrogen-bond acceptors (Lipinski definition) is 3. The van der Waals surface area contributed by atoms with Crippen molar-refractivity contribution in [3.8, 4) is 0 Å². The van der Waals surface area contributed by atoms with E-state index in [9.17, 15) is 0 Å². The summed E-state index contributed by atoms with van der Waals surface area (Å²) < 4.78 is 0. The van der Waals surface area contributed by atoms with E-state index in [1.165, 1.54) is 56.6 Å². The van der Waals surface area contributed by atoms with Gasteiger partial charge in [-0.15, -0.1) is 0 Å². The normalized spacial score (nSPS) is 24.0. The van der Waals surface area contributed by atoms with E-state index in [1.807, 2.05) is 0 Å². The van der Waals surface area contributed by atoms with Gasteiger partial charge in [0.25, 0.3) is 0 Å². The number of rotatable bonds is 4. The summed E-state index contributed by atoms with van der Waals surface area (Å²) in [6.07, 6.45) is 5.23. The van der Waals surface area contributed by atoms with E-state index in [-0.39, 0.29) is 0 Å². The van der Waals surface area contributed by atoms with Gasteiger partial charge in [-0.3, -0.25) is 4.90 Å². The highest BCUT2D eigenvalue weighted by Crippen LogP contribution is 2.25. The van der Waals surface area contributed by atoms with Gasteiger partial charge in [0.1, 0.15) is 0 Å². The molecule has 0 amide bonds. The predicted octanol–water partition coefficient (Wildman–Crippen LogP) is 2.90. The molecular weight excluding hydrogens is 270 g/mol. The SMILES string of the molecule is CC(C)N1CCN(c2ccccc2CC2CCCCN2)CC1. The Morgan fingerprint density at radius 1 is 1.09 bits per heavy atom. The number of piperazine rings is 1. The molecule has 0 spiro atoms. The zero-order valence-electron chi connectivity index (χ0n) is 14.2. The van der Waals surface area contributed by atoms with E-state index in [0.29, 0.717) is 12.1 Å². The molecule has 2 aliphatic heterocycles. The van der Waals surface area contributed by atoms with Gasteiger partial charge in [0.15, 0.2) is 0 Å². The van der Waals surface area contributed by atoms with Gasteiger partial charge in [0.2, 0.25) is 0 Å². The highest BCUT2D eigenvalue weighted by Gasteiger charge is 2.22. The first-order chi connectivity index (χ1) is 10.7. The summed E-state index contributed by atoms with van der Waals surface area (Å²) in [5.74, 6) is 0. The van der Waals surface area contributed by atoms with Crippen LogP contribution >= 0.6 is 0 Å². The molecule has 0 aliphatic carbocycles. The number of nitrogens with one attached hydrogen (secondary N) is 1. The Balaban J connectivity index is 1.66. The van der Waals surface area contributed by atoms with Gasteiger partial charge in [-0.25, -0.2) is 0 Å². The highest BCUT2D eigenvalue weighted by molar-refractivity contribution is 5.54. The fourth-order valence-corrected chi connectivity index (χ4v) is 3.83. The topological polar surface area (TPSA) is 18.5 Å². The molecule has 1 aromatic carbocycles.